The number of hydrogen-bond acceptors (Lipinski definition) is 3. The lowest BCUT2D eigenvalue weighted by Crippen LogP contribution is -2.21. The Hall–Kier alpha value is -2.69. The summed E-state index contributed by atoms with van der Waals surface area (Å²) in [6.07, 6.45) is 3.82. The largest absolute Gasteiger partial charge is 0.295 e. The van der Waals surface area contributed by atoms with Crippen molar-refractivity contribution in [3.63, 3.8) is 0 Å². The minimum absolute atomic E-state index is 0.0504. The number of aromatic amines is 1. The first kappa shape index (κ1) is 11.0. The first-order valence-corrected chi connectivity index (χ1v) is 7.10. The molecule has 5 nitrogen and oxygen atoms in total. The third-order valence-electron chi connectivity index (χ3n) is 4.26. The second kappa shape index (κ2) is 3.69. The van der Waals surface area contributed by atoms with Crippen LogP contribution in [0.2, 0.25) is 0 Å². The number of hydrogen-bond donors (Lipinski definition) is 1. The zero-order chi connectivity index (χ0) is 14.0. The third kappa shape index (κ3) is 1.43. The van der Waals surface area contributed by atoms with Crippen LogP contribution in [0.1, 0.15) is 18.9 Å². The Kier molecular flexibility index (Phi) is 1.94. The van der Waals surface area contributed by atoms with Crippen LogP contribution in [0.5, 0.6) is 0 Å². The Labute approximate surface area is 119 Å². The van der Waals surface area contributed by atoms with Crippen LogP contribution in [0.4, 0.5) is 0 Å². The number of rotatable bonds is 1. The van der Waals surface area contributed by atoms with Gasteiger partial charge in [-0.25, -0.2) is 4.68 Å². The van der Waals surface area contributed by atoms with Gasteiger partial charge in [-0.1, -0.05) is 6.07 Å². The molecule has 5 rings (SSSR count). The molecule has 0 spiro atoms. The number of nitrogens with zero attached hydrogens (tertiary/aromatic N) is 3. The highest BCUT2D eigenvalue weighted by molar-refractivity contribution is 6.17. The van der Waals surface area contributed by atoms with Crippen molar-refractivity contribution in [3.8, 4) is 0 Å². The Bertz CT molecular complexity index is 1070. The Morgan fingerprint density at radius 3 is 2.81 bits per heavy atom. The van der Waals surface area contributed by atoms with E-state index in [1.807, 2.05) is 30.3 Å². The number of fused-ring (bicyclic) bond motifs is 2. The molecule has 0 saturated heterocycles. The summed E-state index contributed by atoms with van der Waals surface area (Å²) in [4.78, 5) is 12.7. The van der Waals surface area contributed by atoms with E-state index in [1.165, 1.54) is 0 Å². The van der Waals surface area contributed by atoms with E-state index in [4.69, 9.17) is 0 Å². The van der Waals surface area contributed by atoms with Gasteiger partial charge in [-0.05, 0) is 37.1 Å². The van der Waals surface area contributed by atoms with Crippen LogP contribution in [0.25, 0.3) is 32.6 Å². The van der Waals surface area contributed by atoms with Gasteiger partial charge in [0.1, 0.15) is 5.52 Å². The molecule has 0 unspecified atom stereocenters. The summed E-state index contributed by atoms with van der Waals surface area (Å²) < 4.78 is 1.77. The van der Waals surface area contributed by atoms with E-state index < -0.39 is 0 Å². The van der Waals surface area contributed by atoms with Crippen LogP contribution in [0, 0.1) is 0 Å². The number of aromatic nitrogens is 4. The highest BCUT2D eigenvalue weighted by Gasteiger charge is 2.26. The van der Waals surface area contributed by atoms with Gasteiger partial charge in [0.25, 0.3) is 5.56 Å². The SMILES string of the molecule is O=c1c2ccc3ccnnc3c3ccc([nH]n1C1CC1)c23. The first-order chi connectivity index (χ1) is 10.3. The summed E-state index contributed by atoms with van der Waals surface area (Å²) in [7, 11) is 0. The normalized spacial score (nSPS) is 15.2. The molecule has 0 atom stereocenters. The second-order valence-electron chi connectivity index (χ2n) is 5.64. The molecule has 2 heterocycles. The summed E-state index contributed by atoms with van der Waals surface area (Å²) in [5, 5.41) is 15.2. The zero-order valence-electron chi connectivity index (χ0n) is 11.2. The maximum Gasteiger partial charge on any atom is 0.273 e. The Morgan fingerprint density at radius 2 is 1.95 bits per heavy atom. The van der Waals surface area contributed by atoms with E-state index in [-0.39, 0.29) is 5.56 Å². The van der Waals surface area contributed by atoms with Gasteiger partial charge in [0, 0.05) is 16.2 Å². The predicted octanol–water partition coefficient (Wildman–Crippen LogP) is 2.76. The van der Waals surface area contributed by atoms with E-state index in [9.17, 15) is 4.79 Å². The molecule has 1 aliphatic rings. The number of nitrogens with one attached hydrogen (secondary N) is 1. The van der Waals surface area contributed by atoms with Gasteiger partial charge >= 0.3 is 0 Å². The average Bonchev–Trinajstić information content (AvgIpc) is 3.28. The van der Waals surface area contributed by atoms with Crippen molar-refractivity contribution in [2.45, 2.75) is 18.9 Å². The van der Waals surface area contributed by atoms with Crippen molar-refractivity contribution < 1.29 is 0 Å². The molecule has 0 aliphatic heterocycles. The molecule has 5 heteroatoms. The van der Waals surface area contributed by atoms with Gasteiger partial charge in [0.15, 0.2) is 0 Å². The molecule has 0 amide bonds. The second-order valence-corrected chi connectivity index (χ2v) is 5.64. The monoisotopic (exact) mass is 276 g/mol. The average molecular weight is 276 g/mol. The summed E-state index contributed by atoms with van der Waals surface area (Å²) in [5.41, 5.74) is 1.86. The van der Waals surface area contributed by atoms with E-state index in [0.717, 1.165) is 45.4 Å². The zero-order valence-corrected chi connectivity index (χ0v) is 11.2. The molecule has 21 heavy (non-hydrogen) atoms. The van der Waals surface area contributed by atoms with Crippen molar-refractivity contribution >= 4 is 32.6 Å². The molecule has 0 bridgehead atoms. The van der Waals surface area contributed by atoms with E-state index >= 15 is 0 Å². The lowest BCUT2D eigenvalue weighted by atomic mass is 10.2. The Balaban J connectivity index is 2.09. The molecule has 1 N–H and O–H groups in total. The highest BCUT2D eigenvalue weighted by Crippen LogP contribution is 2.35. The third-order valence-corrected chi connectivity index (χ3v) is 4.26. The fraction of sp³-hybridized carbons (Fsp3) is 0.188. The number of H-pyrrole nitrogens is 1. The maximum atomic E-state index is 12.7. The molecule has 1 saturated carbocycles. The molecule has 0 radical (unpaired) electrons. The fourth-order valence-electron chi connectivity index (χ4n) is 3.08. The van der Waals surface area contributed by atoms with Crippen molar-refractivity contribution in [1.29, 1.82) is 0 Å². The molecule has 2 aromatic carbocycles. The summed E-state index contributed by atoms with van der Waals surface area (Å²) in [6, 6.07) is 10.2. The van der Waals surface area contributed by atoms with E-state index in [2.05, 4.69) is 15.3 Å². The van der Waals surface area contributed by atoms with Gasteiger partial charge < -0.3 is 0 Å². The minimum Gasteiger partial charge on any atom is -0.295 e. The molecule has 4 aromatic rings. The van der Waals surface area contributed by atoms with Crippen LogP contribution >= 0.6 is 0 Å². The smallest absolute Gasteiger partial charge is 0.273 e. The highest BCUT2D eigenvalue weighted by atomic mass is 16.1. The van der Waals surface area contributed by atoms with Gasteiger partial charge in [0.05, 0.1) is 23.1 Å². The Morgan fingerprint density at radius 1 is 1.10 bits per heavy atom. The maximum absolute atomic E-state index is 12.7. The first-order valence-electron chi connectivity index (χ1n) is 7.10. The van der Waals surface area contributed by atoms with Crippen LogP contribution in [-0.4, -0.2) is 20.0 Å². The van der Waals surface area contributed by atoms with Crippen molar-refractivity contribution in [2.75, 3.05) is 0 Å². The van der Waals surface area contributed by atoms with E-state index in [1.54, 1.807) is 10.9 Å². The van der Waals surface area contributed by atoms with Gasteiger partial charge in [-0.3, -0.25) is 9.89 Å². The molecule has 1 aliphatic carbocycles. The molecular weight excluding hydrogens is 264 g/mol. The standard InChI is InChI=1S/C16H12N4O/c21-16-12-4-1-9-7-8-17-18-15(9)11-5-6-13(14(11)12)19-20(16)10-2-3-10/h1,4-8,10,19H,2-3H2. The quantitative estimate of drug-likeness (QED) is 0.581. The van der Waals surface area contributed by atoms with Crippen molar-refractivity contribution in [1.82, 2.24) is 20.0 Å². The molecular formula is C16H12N4O. The van der Waals surface area contributed by atoms with Gasteiger partial charge in [-0.2, -0.15) is 5.10 Å². The molecule has 1 fully saturated rings. The van der Waals surface area contributed by atoms with Gasteiger partial charge in [-0.15, -0.1) is 5.10 Å². The topological polar surface area (TPSA) is 63.6 Å². The lowest BCUT2D eigenvalue weighted by Gasteiger charge is -2.05. The summed E-state index contributed by atoms with van der Waals surface area (Å²) >= 11 is 0. The predicted molar refractivity (Wildman–Crippen MR) is 81.4 cm³/mol. The van der Waals surface area contributed by atoms with E-state index in [0.29, 0.717) is 6.04 Å². The minimum atomic E-state index is 0.0504. The van der Waals surface area contributed by atoms with Crippen LogP contribution in [0.3, 0.4) is 0 Å². The molecule has 102 valence electrons. The van der Waals surface area contributed by atoms with Crippen molar-refractivity contribution in [2.24, 2.45) is 0 Å². The van der Waals surface area contributed by atoms with Gasteiger partial charge in [0.2, 0.25) is 0 Å². The molecule has 2 aromatic heterocycles. The van der Waals surface area contributed by atoms with Crippen molar-refractivity contribution in [3.05, 3.63) is 46.9 Å². The summed E-state index contributed by atoms with van der Waals surface area (Å²) in [5.74, 6) is 0. The van der Waals surface area contributed by atoms with Crippen LogP contribution in [0.15, 0.2) is 41.3 Å². The summed E-state index contributed by atoms with van der Waals surface area (Å²) in [6.45, 7) is 0. The fourth-order valence-corrected chi connectivity index (χ4v) is 3.08. The van der Waals surface area contributed by atoms with Crippen LogP contribution in [-0.2, 0) is 0 Å². The van der Waals surface area contributed by atoms with Crippen LogP contribution < -0.4 is 5.56 Å². The lowest BCUT2D eigenvalue weighted by molar-refractivity contribution is 0.616.